The molecule has 0 radical (unpaired) electrons. The minimum absolute atomic E-state index is 0.0697. The maximum Gasteiger partial charge on any atom is 0.338 e. The van der Waals surface area contributed by atoms with Gasteiger partial charge in [0.05, 0.1) is 56.3 Å². The summed E-state index contributed by atoms with van der Waals surface area (Å²) in [5, 5.41) is 12.7. The summed E-state index contributed by atoms with van der Waals surface area (Å²) in [6.07, 6.45) is 12.0. The second-order valence-electron chi connectivity index (χ2n) is 18.1. The number of unbranched alkanes of at least 4 members (excludes halogenated alkanes) is 9. The largest absolute Gasteiger partial charge is 0.463 e. The Labute approximate surface area is 466 Å². The molecule has 0 spiro atoms. The highest BCUT2D eigenvalue weighted by molar-refractivity contribution is 5.92. The van der Waals surface area contributed by atoms with E-state index in [-0.39, 0.29) is 71.7 Å². The van der Waals surface area contributed by atoms with Crippen molar-refractivity contribution in [2.45, 2.75) is 77.0 Å². The van der Waals surface area contributed by atoms with Crippen LogP contribution in [0.25, 0.3) is 68.5 Å². The van der Waals surface area contributed by atoms with Gasteiger partial charge >= 0.3 is 35.8 Å². The Hall–Kier alpha value is -9.66. The SMILES string of the molecule is C=CC(=O)OCCCCCCOC(=O)c1cccc(-c2noc(-c3cc(-c4nc(-c5cccc(C(=O)OCCCCCCOC(=O)C=C)c5)no4)cc(-c4nc(-c5cccc(C(=O)OCCCCCCOC(=O)C=C)c5)no4)c3)n2)c1. The number of ether oxygens (including phenoxy) is 6. The van der Waals surface area contributed by atoms with Crippen molar-refractivity contribution in [3.05, 3.63) is 146 Å². The Kier molecular flexibility index (Phi) is 22.6. The standard InChI is InChI=1S/C60H60N6O15/c1-4-49(67)73-28-13-7-10-16-31-76-58(70)43-25-19-22-40(34-43)52-61-55(79-64-52)46-37-47(56-62-53(65-80-56)41-23-20-26-44(35-41)59(71)77-32-17-11-8-14-29-74-50(68)5-2)39-48(38-46)57-63-54(66-81-57)42-24-21-27-45(36-42)60(72)78-33-18-12-9-15-30-75-51(69)6-3/h4-6,19-27,34-39H,1-3,7-18,28-33H2. The van der Waals surface area contributed by atoms with Crippen LogP contribution in [0.3, 0.4) is 0 Å². The van der Waals surface area contributed by atoms with E-state index in [9.17, 15) is 28.8 Å². The predicted octanol–water partition coefficient (Wildman–Crippen LogP) is 11.2. The molecule has 21 heteroatoms. The fourth-order valence-electron chi connectivity index (χ4n) is 7.84. The van der Waals surface area contributed by atoms with E-state index in [1.807, 2.05) is 0 Å². The normalized spacial score (nSPS) is 10.8. The molecule has 7 aromatic rings. The zero-order chi connectivity index (χ0) is 57.2. The van der Waals surface area contributed by atoms with Crippen LogP contribution < -0.4 is 0 Å². The fraction of sp³-hybridized carbons (Fsp3) is 0.300. The molecule has 0 amide bonds. The molecule has 3 aromatic heterocycles. The van der Waals surface area contributed by atoms with E-state index >= 15 is 0 Å². The van der Waals surface area contributed by atoms with Crippen LogP contribution in [0.5, 0.6) is 0 Å². The zero-order valence-corrected chi connectivity index (χ0v) is 44.5. The third kappa shape index (κ3) is 18.2. The van der Waals surface area contributed by atoms with E-state index in [1.54, 1.807) is 91.0 Å². The molecule has 0 unspecified atom stereocenters. The molecule has 0 aliphatic carbocycles. The second-order valence-corrected chi connectivity index (χ2v) is 18.1. The van der Waals surface area contributed by atoms with Gasteiger partial charge in [-0.25, -0.2) is 28.8 Å². The molecule has 0 fully saturated rings. The topological polar surface area (TPSA) is 275 Å². The van der Waals surface area contributed by atoms with Crippen LogP contribution in [0.1, 0.15) is 108 Å². The first-order valence-electron chi connectivity index (χ1n) is 26.4. The van der Waals surface area contributed by atoms with Crippen LogP contribution >= 0.6 is 0 Å². The molecule has 4 aromatic carbocycles. The summed E-state index contributed by atoms with van der Waals surface area (Å²) in [7, 11) is 0. The van der Waals surface area contributed by atoms with Gasteiger partial charge in [0.25, 0.3) is 17.7 Å². The first-order chi connectivity index (χ1) is 39.5. The van der Waals surface area contributed by atoms with E-state index in [1.165, 1.54) is 0 Å². The average Bonchev–Trinajstić information content (AvgIpc) is 4.39. The number of nitrogens with zero attached hydrogens (tertiary/aromatic N) is 6. The molecular formula is C60H60N6O15. The van der Waals surface area contributed by atoms with Crippen molar-refractivity contribution in [2.75, 3.05) is 39.6 Å². The Balaban J connectivity index is 1.06. The van der Waals surface area contributed by atoms with Crippen molar-refractivity contribution in [3.8, 4) is 68.5 Å². The summed E-state index contributed by atoms with van der Waals surface area (Å²) in [4.78, 5) is 87.0. The first-order valence-corrected chi connectivity index (χ1v) is 26.4. The quantitative estimate of drug-likeness (QED) is 0.0160. The minimum Gasteiger partial charge on any atom is -0.463 e. The molecule has 0 bridgehead atoms. The van der Waals surface area contributed by atoms with Gasteiger partial charge in [0, 0.05) is 51.6 Å². The van der Waals surface area contributed by atoms with Crippen LogP contribution in [0, 0.1) is 0 Å². The lowest BCUT2D eigenvalue weighted by Gasteiger charge is -2.06. The van der Waals surface area contributed by atoms with E-state index < -0.39 is 35.8 Å². The average molecular weight is 1110 g/mol. The smallest absolute Gasteiger partial charge is 0.338 e. The van der Waals surface area contributed by atoms with Crippen molar-refractivity contribution in [1.82, 2.24) is 30.4 Å². The van der Waals surface area contributed by atoms with E-state index in [2.05, 4.69) is 50.2 Å². The molecule has 0 atom stereocenters. The van der Waals surface area contributed by atoms with E-state index in [0.717, 1.165) is 56.8 Å². The molecule has 420 valence electrons. The Morgan fingerprint density at radius 1 is 0.346 bits per heavy atom. The lowest BCUT2D eigenvalue weighted by atomic mass is 10.0. The summed E-state index contributed by atoms with van der Waals surface area (Å²) in [6.45, 7) is 11.6. The van der Waals surface area contributed by atoms with Crippen molar-refractivity contribution in [3.63, 3.8) is 0 Å². The van der Waals surface area contributed by atoms with E-state index in [4.69, 9.17) is 42.0 Å². The molecule has 81 heavy (non-hydrogen) atoms. The Morgan fingerprint density at radius 3 is 0.864 bits per heavy atom. The van der Waals surface area contributed by atoms with Gasteiger partial charge in [-0.1, -0.05) is 71.6 Å². The van der Waals surface area contributed by atoms with Gasteiger partial charge in [0.2, 0.25) is 17.5 Å². The van der Waals surface area contributed by atoms with Gasteiger partial charge in [-0.2, -0.15) is 15.0 Å². The highest BCUT2D eigenvalue weighted by Gasteiger charge is 2.22. The lowest BCUT2D eigenvalue weighted by Crippen LogP contribution is -2.07. The Morgan fingerprint density at radius 2 is 0.605 bits per heavy atom. The number of esters is 6. The van der Waals surface area contributed by atoms with Gasteiger partial charge in [-0.05, 0) is 132 Å². The summed E-state index contributed by atoms with van der Waals surface area (Å²) in [6, 6.07) is 25.0. The first kappa shape index (κ1) is 59.0. The fourth-order valence-corrected chi connectivity index (χ4v) is 7.84. The minimum atomic E-state index is -0.523. The Bertz CT molecular complexity index is 2950. The van der Waals surface area contributed by atoms with Gasteiger partial charge < -0.3 is 42.0 Å². The van der Waals surface area contributed by atoms with Gasteiger partial charge in [0.15, 0.2) is 0 Å². The van der Waals surface area contributed by atoms with E-state index in [0.29, 0.717) is 91.7 Å². The highest BCUT2D eigenvalue weighted by atomic mass is 16.6. The molecule has 0 saturated heterocycles. The molecule has 0 aliphatic rings. The molecule has 0 aliphatic heterocycles. The summed E-state index contributed by atoms with van der Waals surface area (Å²) < 4.78 is 49.0. The van der Waals surface area contributed by atoms with Gasteiger partial charge in [0.1, 0.15) is 0 Å². The van der Waals surface area contributed by atoms with Crippen LogP contribution in [0.15, 0.2) is 143 Å². The molecular weight excluding hydrogens is 1040 g/mol. The monoisotopic (exact) mass is 1100 g/mol. The molecule has 3 heterocycles. The summed E-state index contributed by atoms with van der Waals surface area (Å²) >= 11 is 0. The molecule has 0 saturated carbocycles. The number of carbonyl (C=O) groups is 6. The molecule has 0 N–H and O–H groups in total. The highest BCUT2D eigenvalue weighted by Crippen LogP contribution is 2.34. The maximum absolute atomic E-state index is 13.1. The maximum atomic E-state index is 13.1. The third-order valence-corrected chi connectivity index (χ3v) is 12.1. The number of rotatable bonds is 33. The molecule has 7 rings (SSSR count). The van der Waals surface area contributed by atoms with Crippen LogP contribution in [0.4, 0.5) is 0 Å². The van der Waals surface area contributed by atoms with Crippen LogP contribution in [-0.4, -0.2) is 106 Å². The number of benzene rings is 4. The van der Waals surface area contributed by atoms with Crippen molar-refractivity contribution in [2.24, 2.45) is 0 Å². The molecule has 21 nitrogen and oxygen atoms in total. The van der Waals surface area contributed by atoms with Gasteiger partial charge in [-0.15, -0.1) is 0 Å². The van der Waals surface area contributed by atoms with Crippen molar-refractivity contribution in [1.29, 1.82) is 0 Å². The van der Waals surface area contributed by atoms with Crippen LogP contribution in [0.2, 0.25) is 0 Å². The lowest BCUT2D eigenvalue weighted by molar-refractivity contribution is -0.138. The summed E-state index contributed by atoms with van der Waals surface area (Å²) in [5.41, 5.74) is 3.44. The van der Waals surface area contributed by atoms with Gasteiger partial charge in [-0.3, -0.25) is 0 Å². The number of carbonyl (C=O) groups excluding carboxylic acids is 6. The van der Waals surface area contributed by atoms with Crippen molar-refractivity contribution < 1.29 is 70.8 Å². The number of hydrogen-bond donors (Lipinski definition) is 0. The van der Waals surface area contributed by atoms with Crippen molar-refractivity contribution >= 4 is 35.8 Å². The number of hydrogen-bond acceptors (Lipinski definition) is 21. The summed E-state index contributed by atoms with van der Waals surface area (Å²) in [5.74, 6) is -2.23. The second kappa shape index (κ2) is 31.1. The number of aromatic nitrogens is 6. The van der Waals surface area contributed by atoms with Crippen LogP contribution in [-0.2, 0) is 42.8 Å². The zero-order valence-electron chi connectivity index (χ0n) is 44.5. The predicted molar refractivity (Wildman–Crippen MR) is 292 cm³/mol. The third-order valence-electron chi connectivity index (χ3n) is 12.1.